The molecule has 0 aliphatic rings. The van der Waals surface area contributed by atoms with Gasteiger partial charge in [-0.15, -0.1) is 10.2 Å². The standard InChI is InChI=1S/C16H11BrClN3O4/c1-9(24-14-7-4-11(17)8-13(14)18)15-19-20-16(25-15)10-2-5-12(6-3-10)21(22)23/h2-9H,1H3/t9-/m0/s1. The van der Waals surface area contributed by atoms with E-state index in [4.69, 9.17) is 20.8 Å². The number of benzene rings is 2. The molecule has 1 heterocycles. The molecule has 7 nitrogen and oxygen atoms in total. The van der Waals surface area contributed by atoms with Crippen molar-refractivity contribution < 1.29 is 14.1 Å². The number of nitrogens with zero attached hydrogens (tertiary/aromatic N) is 3. The zero-order chi connectivity index (χ0) is 18.0. The van der Waals surface area contributed by atoms with E-state index in [-0.39, 0.29) is 17.5 Å². The highest BCUT2D eigenvalue weighted by Gasteiger charge is 2.18. The van der Waals surface area contributed by atoms with Crippen LogP contribution in [0, 0.1) is 10.1 Å². The van der Waals surface area contributed by atoms with Crippen molar-refractivity contribution in [1.82, 2.24) is 10.2 Å². The van der Waals surface area contributed by atoms with Gasteiger partial charge in [0.25, 0.3) is 11.6 Å². The fraction of sp³-hybridized carbons (Fsp3) is 0.125. The van der Waals surface area contributed by atoms with E-state index < -0.39 is 11.0 Å². The quantitative estimate of drug-likeness (QED) is 0.413. The van der Waals surface area contributed by atoms with Crippen LogP contribution in [-0.2, 0) is 0 Å². The molecule has 9 heteroatoms. The first-order valence-corrected chi connectivity index (χ1v) is 8.31. The van der Waals surface area contributed by atoms with E-state index in [1.807, 2.05) is 6.07 Å². The molecule has 0 N–H and O–H groups in total. The van der Waals surface area contributed by atoms with E-state index in [0.29, 0.717) is 16.3 Å². The van der Waals surface area contributed by atoms with Crippen LogP contribution in [0.25, 0.3) is 11.5 Å². The minimum Gasteiger partial charge on any atom is -0.479 e. The highest BCUT2D eigenvalue weighted by molar-refractivity contribution is 9.10. The molecule has 0 radical (unpaired) electrons. The average molecular weight is 425 g/mol. The number of hydrogen-bond donors (Lipinski definition) is 0. The molecule has 0 fully saturated rings. The minimum absolute atomic E-state index is 0.00919. The Kier molecular flexibility index (Phi) is 5.00. The number of nitro groups is 1. The third kappa shape index (κ3) is 3.97. The Morgan fingerprint density at radius 2 is 1.96 bits per heavy atom. The van der Waals surface area contributed by atoms with Gasteiger partial charge in [0.1, 0.15) is 5.75 Å². The maximum absolute atomic E-state index is 10.7. The van der Waals surface area contributed by atoms with Crippen LogP contribution in [-0.4, -0.2) is 15.1 Å². The highest BCUT2D eigenvalue weighted by Crippen LogP contribution is 2.32. The molecule has 0 bridgehead atoms. The SMILES string of the molecule is C[C@H](Oc1ccc(Br)cc1Cl)c1nnc(-c2ccc([N+](=O)[O-])cc2)o1. The lowest BCUT2D eigenvalue weighted by atomic mass is 10.2. The van der Waals surface area contributed by atoms with E-state index in [9.17, 15) is 10.1 Å². The number of halogens is 2. The molecule has 2 aromatic carbocycles. The summed E-state index contributed by atoms with van der Waals surface area (Å²) in [5, 5.41) is 19.1. The van der Waals surface area contributed by atoms with Crippen molar-refractivity contribution in [1.29, 1.82) is 0 Å². The zero-order valence-electron chi connectivity index (χ0n) is 12.8. The van der Waals surface area contributed by atoms with Gasteiger partial charge in [0.2, 0.25) is 5.89 Å². The van der Waals surface area contributed by atoms with Crippen LogP contribution < -0.4 is 4.74 Å². The third-order valence-electron chi connectivity index (χ3n) is 3.31. The van der Waals surface area contributed by atoms with Crippen molar-refractivity contribution in [2.45, 2.75) is 13.0 Å². The molecule has 3 aromatic rings. The number of aromatic nitrogens is 2. The van der Waals surface area contributed by atoms with Crippen molar-refractivity contribution in [2.24, 2.45) is 0 Å². The summed E-state index contributed by atoms with van der Waals surface area (Å²) >= 11 is 9.45. The molecule has 0 spiro atoms. The second-order valence-electron chi connectivity index (χ2n) is 5.08. The summed E-state index contributed by atoms with van der Waals surface area (Å²) in [6.45, 7) is 1.76. The van der Waals surface area contributed by atoms with Crippen LogP contribution in [0.4, 0.5) is 5.69 Å². The van der Waals surface area contributed by atoms with Gasteiger partial charge in [-0.2, -0.15) is 0 Å². The lowest BCUT2D eigenvalue weighted by molar-refractivity contribution is -0.384. The number of non-ortho nitro benzene ring substituents is 1. The fourth-order valence-electron chi connectivity index (χ4n) is 2.05. The van der Waals surface area contributed by atoms with E-state index in [2.05, 4.69) is 26.1 Å². The highest BCUT2D eigenvalue weighted by atomic mass is 79.9. The molecule has 0 aliphatic heterocycles. The first kappa shape index (κ1) is 17.4. The summed E-state index contributed by atoms with van der Waals surface area (Å²) in [6.07, 6.45) is -0.516. The Hall–Kier alpha value is -2.45. The number of hydrogen-bond acceptors (Lipinski definition) is 6. The van der Waals surface area contributed by atoms with E-state index in [1.54, 1.807) is 31.2 Å². The van der Waals surface area contributed by atoms with Crippen LogP contribution in [0.2, 0.25) is 5.02 Å². The smallest absolute Gasteiger partial charge is 0.269 e. The molecule has 1 aromatic heterocycles. The largest absolute Gasteiger partial charge is 0.479 e. The Labute approximate surface area is 155 Å². The molecule has 0 saturated carbocycles. The zero-order valence-corrected chi connectivity index (χ0v) is 15.2. The molecule has 0 aliphatic carbocycles. The van der Waals surface area contributed by atoms with Gasteiger partial charge in [-0.25, -0.2) is 0 Å². The molecular formula is C16H11BrClN3O4. The Balaban J connectivity index is 1.77. The molecule has 0 saturated heterocycles. The van der Waals surface area contributed by atoms with Gasteiger partial charge < -0.3 is 9.15 Å². The number of ether oxygens (including phenoxy) is 1. The molecular weight excluding hydrogens is 414 g/mol. The second-order valence-corrected chi connectivity index (χ2v) is 6.41. The predicted molar refractivity (Wildman–Crippen MR) is 94.6 cm³/mol. The van der Waals surface area contributed by atoms with Gasteiger partial charge in [-0.3, -0.25) is 10.1 Å². The van der Waals surface area contributed by atoms with Crippen molar-refractivity contribution in [3.05, 3.63) is 68.0 Å². The molecule has 0 unspecified atom stereocenters. The summed E-state index contributed by atoms with van der Waals surface area (Å²) in [5.41, 5.74) is 0.572. The topological polar surface area (TPSA) is 91.3 Å². The molecule has 1 atom stereocenters. The maximum Gasteiger partial charge on any atom is 0.269 e. The van der Waals surface area contributed by atoms with Gasteiger partial charge in [0.05, 0.1) is 9.95 Å². The maximum atomic E-state index is 10.7. The first-order chi connectivity index (χ1) is 11.9. The number of rotatable bonds is 5. The van der Waals surface area contributed by atoms with E-state index >= 15 is 0 Å². The molecule has 128 valence electrons. The van der Waals surface area contributed by atoms with E-state index in [0.717, 1.165) is 4.47 Å². The summed E-state index contributed by atoms with van der Waals surface area (Å²) in [6, 6.07) is 11.1. The average Bonchev–Trinajstić information content (AvgIpc) is 3.07. The van der Waals surface area contributed by atoms with Gasteiger partial charge in [-0.05, 0) is 37.3 Å². The first-order valence-electron chi connectivity index (χ1n) is 7.14. The van der Waals surface area contributed by atoms with Crippen molar-refractivity contribution >= 4 is 33.2 Å². The van der Waals surface area contributed by atoms with Gasteiger partial charge in [-0.1, -0.05) is 27.5 Å². The molecule has 3 rings (SSSR count). The molecule has 25 heavy (non-hydrogen) atoms. The van der Waals surface area contributed by atoms with Crippen molar-refractivity contribution in [3.8, 4) is 17.2 Å². The monoisotopic (exact) mass is 423 g/mol. The third-order valence-corrected chi connectivity index (χ3v) is 4.10. The lowest BCUT2D eigenvalue weighted by Gasteiger charge is -2.12. The second kappa shape index (κ2) is 7.20. The van der Waals surface area contributed by atoms with Crippen molar-refractivity contribution in [2.75, 3.05) is 0 Å². The van der Waals surface area contributed by atoms with Crippen molar-refractivity contribution in [3.63, 3.8) is 0 Å². The Bertz CT molecular complexity index is 914. The predicted octanol–water partition coefficient (Wildman–Crippen LogP) is 5.20. The Morgan fingerprint density at radius 1 is 1.24 bits per heavy atom. The summed E-state index contributed by atoms with van der Waals surface area (Å²) in [4.78, 5) is 10.2. The van der Waals surface area contributed by atoms with Crippen LogP contribution >= 0.6 is 27.5 Å². The van der Waals surface area contributed by atoms with Crippen LogP contribution in [0.15, 0.2) is 51.4 Å². The fourth-order valence-corrected chi connectivity index (χ4v) is 2.77. The lowest BCUT2D eigenvalue weighted by Crippen LogP contribution is -2.03. The van der Waals surface area contributed by atoms with Gasteiger partial charge >= 0.3 is 0 Å². The van der Waals surface area contributed by atoms with Gasteiger partial charge in [0.15, 0.2) is 6.10 Å². The van der Waals surface area contributed by atoms with Crippen LogP contribution in [0.3, 0.4) is 0 Å². The minimum atomic E-state index is -0.516. The van der Waals surface area contributed by atoms with Crippen LogP contribution in [0.5, 0.6) is 5.75 Å². The number of nitro benzene ring substituents is 1. The van der Waals surface area contributed by atoms with E-state index in [1.165, 1.54) is 12.1 Å². The molecule has 0 amide bonds. The summed E-state index contributed by atoms with van der Waals surface area (Å²) in [7, 11) is 0. The Morgan fingerprint density at radius 3 is 2.60 bits per heavy atom. The summed E-state index contributed by atoms with van der Waals surface area (Å²) < 4.78 is 12.2. The summed E-state index contributed by atoms with van der Waals surface area (Å²) in [5.74, 6) is 1.02. The van der Waals surface area contributed by atoms with Crippen LogP contribution in [0.1, 0.15) is 18.9 Å². The normalized spacial score (nSPS) is 12.0. The van der Waals surface area contributed by atoms with Gasteiger partial charge in [0, 0.05) is 22.2 Å².